The summed E-state index contributed by atoms with van der Waals surface area (Å²) in [6, 6.07) is 9.95. The van der Waals surface area contributed by atoms with Crippen molar-refractivity contribution in [2.45, 2.75) is 19.3 Å². The van der Waals surface area contributed by atoms with E-state index in [1.165, 1.54) is 0 Å². The maximum absolute atomic E-state index is 12.8. The highest BCUT2D eigenvalue weighted by Gasteiger charge is 2.34. The van der Waals surface area contributed by atoms with Crippen molar-refractivity contribution < 1.29 is 4.79 Å². The molecular formula is C16H23N3OS. The predicted octanol–water partition coefficient (Wildman–Crippen LogP) is 1.39. The van der Waals surface area contributed by atoms with E-state index in [0.717, 1.165) is 31.7 Å². The summed E-state index contributed by atoms with van der Waals surface area (Å²) in [5, 5.41) is 0. The van der Waals surface area contributed by atoms with E-state index in [2.05, 4.69) is 4.90 Å². The molecule has 2 N–H and O–H groups in total. The van der Waals surface area contributed by atoms with Crippen molar-refractivity contribution >= 4 is 23.1 Å². The molecule has 0 saturated carbocycles. The van der Waals surface area contributed by atoms with Crippen LogP contribution < -0.4 is 5.73 Å². The van der Waals surface area contributed by atoms with Gasteiger partial charge in [0.15, 0.2) is 0 Å². The summed E-state index contributed by atoms with van der Waals surface area (Å²) < 4.78 is 0. The summed E-state index contributed by atoms with van der Waals surface area (Å²) >= 11 is 4.94. The zero-order chi connectivity index (χ0) is 15.5. The van der Waals surface area contributed by atoms with Crippen molar-refractivity contribution in [1.82, 2.24) is 9.80 Å². The lowest BCUT2D eigenvalue weighted by Gasteiger charge is -2.38. The Kier molecular flexibility index (Phi) is 4.96. The molecular weight excluding hydrogens is 282 g/mol. The van der Waals surface area contributed by atoms with Crippen LogP contribution in [-0.4, -0.2) is 53.4 Å². The largest absolute Gasteiger partial charge is 0.392 e. The highest BCUT2D eigenvalue weighted by atomic mass is 32.1. The number of hydrogen-bond acceptors (Lipinski definition) is 3. The van der Waals surface area contributed by atoms with Crippen molar-refractivity contribution in [1.29, 1.82) is 0 Å². The molecule has 21 heavy (non-hydrogen) atoms. The molecule has 1 heterocycles. The number of piperazine rings is 1. The van der Waals surface area contributed by atoms with Crippen LogP contribution in [0.3, 0.4) is 0 Å². The SMILES string of the molecule is CC(C)(C(=O)N1CCN(CC(N)=S)CC1)c1ccccc1. The van der Waals surface area contributed by atoms with E-state index in [1.807, 2.05) is 49.1 Å². The maximum Gasteiger partial charge on any atom is 0.232 e. The first-order valence-corrected chi connectivity index (χ1v) is 7.67. The van der Waals surface area contributed by atoms with Gasteiger partial charge in [-0.1, -0.05) is 42.5 Å². The Labute approximate surface area is 131 Å². The van der Waals surface area contributed by atoms with Gasteiger partial charge >= 0.3 is 0 Å². The Hall–Kier alpha value is -1.46. The lowest BCUT2D eigenvalue weighted by atomic mass is 9.83. The van der Waals surface area contributed by atoms with Gasteiger partial charge in [0.1, 0.15) is 0 Å². The molecule has 1 aliphatic rings. The van der Waals surface area contributed by atoms with E-state index < -0.39 is 5.41 Å². The molecule has 1 amide bonds. The molecule has 0 atom stereocenters. The summed E-state index contributed by atoms with van der Waals surface area (Å²) in [7, 11) is 0. The van der Waals surface area contributed by atoms with Crippen LogP contribution in [0.5, 0.6) is 0 Å². The Balaban J connectivity index is 2.00. The van der Waals surface area contributed by atoms with Crippen LogP contribution in [0.15, 0.2) is 30.3 Å². The number of benzene rings is 1. The minimum absolute atomic E-state index is 0.184. The number of carbonyl (C=O) groups is 1. The molecule has 4 nitrogen and oxygen atoms in total. The van der Waals surface area contributed by atoms with E-state index in [1.54, 1.807) is 0 Å². The van der Waals surface area contributed by atoms with Crippen LogP contribution in [0.25, 0.3) is 0 Å². The van der Waals surface area contributed by atoms with Gasteiger partial charge in [0, 0.05) is 32.7 Å². The zero-order valence-electron chi connectivity index (χ0n) is 12.7. The molecule has 5 heteroatoms. The second kappa shape index (κ2) is 6.54. The topological polar surface area (TPSA) is 49.6 Å². The molecule has 0 spiro atoms. The van der Waals surface area contributed by atoms with Gasteiger partial charge in [-0.2, -0.15) is 0 Å². The van der Waals surface area contributed by atoms with E-state index in [4.69, 9.17) is 18.0 Å². The molecule has 0 radical (unpaired) electrons. The second-order valence-electron chi connectivity index (χ2n) is 6.03. The molecule has 1 aliphatic heterocycles. The van der Waals surface area contributed by atoms with Gasteiger partial charge in [0.05, 0.1) is 10.4 Å². The zero-order valence-corrected chi connectivity index (χ0v) is 13.5. The van der Waals surface area contributed by atoms with Crippen molar-refractivity contribution in [3.05, 3.63) is 35.9 Å². The number of hydrogen-bond donors (Lipinski definition) is 1. The molecule has 114 valence electrons. The number of thiocarbonyl (C=S) groups is 1. The predicted molar refractivity (Wildman–Crippen MR) is 89.3 cm³/mol. The van der Waals surface area contributed by atoms with E-state index in [-0.39, 0.29) is 5.91 Å². The third kappa shape index (κ3) is 3.80. The summed E-state index contributed by atoms with van der Waals surface area (Å²) in [6.07, 6.45) is 0. The summed E-state index contributed by atoms with van der Waals surface area (Å²) in [5.74, 6) is 0.184. The number of amides is 1. The lowest BCUT2D eigenvalue weighted by molar-refractivity contribution is -0.138. The standard InChI is InChI=1S/C16H23N3OS/c1-16(2,13-6-4-3-5-7-13)15(20)19-10-8-18(9-11-19)12-14(17)21/h3-7H,8-12H2,1-2H3,(H2,17,21). The van der Waals surface area contributed by atoms with Gasteiger partial charge in [0.2, 0.25) is 5.91 Å². The summed E-state index contributed by atoms with van der Waals surface area (Å²) in [5.41, 5.74) is 6.13. The van der Waals surface area contributed by atoms with E-state index >= 15 is 0 Å². The molecule has 1 aromatic rings. The van der Waals surface area contributed by atoms with Crippen molar-refractivity contribution in [2.75, 3.05) is 32.7 Å². The average molecular weight is 305 g/mol. The van der Waals surface area contributed by atoms with Gasteiger partial charge in [-0.05, 0) is 19.4 Å². The summed E-state index contributed by atoms with van der Waals surface area (Å²) in [6.45, 7) is 7.74. The van der Waals surface area contributed by atoms with Crippen LogP contribution >= 0.6 is 12.2 Å². The number of rotatable bonds is 4. The first kappa shape index (κ1) is 15.9. The van der Waals surface area contributed by atoms with E-state index in [0.29, 0.717) is 11.5 Å². The number of nitrogens with zero attached hydrogens (tertiary/aromatic N) is 2. The Morgan fingerprint density at radius 2 is 1.76 bits per heavy atom. The van der Waals surface area contributed by atoms with E-state index in [9.17, 15) is 4.79 Å². The molecule has 0 aromatic heterocycles. The van der Waals surface area contributed by atoms with Crippen LogP contribution in [0.4, 0.5) is 0 Å². The Morgan fingerprint density at radius 3 is 2.29 bits per heavy atom. The monoisotopic (exact) mass is 305 g/mol. The quantitative estimate of drug-likeness (QED) is 0.854. The third-order valence-corrected chi connectivity index (χ3v) is 4.20. The molecule has 0 unspecified atom stereocenters. The Bertz CT molecular complexity index is 508. The first-order valence-electron chi connectivity index (χ1n) is 7.27. The third-order valence-electron chi connectivity index (χ3n) is 4.07. The van der Waals surface area contributed by atoms with Crippen LogP contribution in [0, 0.1) is 0 Å². The molecule has 1 aromatic carbocycles. The molecule has 2 rings (SSSR count). The molecule has 1 saturated heterocycles. The van der Waals surface area contributed by atoms with Crippen LogP contribution in [-0.2, 0) is 10.2 Å². The highest BCUT2D eigenvalue weighted by molar-refractivity contribution is 7.80. The highest BCUT2D eigenvalue weighted by Crippen LogP contribution is 2.26. The van der Waals surface area contributed by atoms with Crippen molar-refractivity contribution in [3.63, 3.8) is 0 Å². The summed E-state index contributed by atoms with van der Waals surface area (Å²) in [4.78, 5) is 17.5. The van der Waals surface area contributed by atoms with Gasteiger partial charge in [-0.25, -0.2) is 0 Å². The molecule has 1 fully saturated rings. The average Bonchev–Trinajstić information content (AvgIpc) is 2.47. The smallest absolute Gasteiger partial charge is 0.232 e. The fourth-order valence-electron chi connectivity index (χ4n) is 2.70. The Morgan fingerprint density at radius 1 is 1.19 bits per heavy atom. The van der Waals surface area contributed by atoms with Gasteiger partial charge in [-0.3, -0.25) is 9.69 Å². The van der Waals surface area contributed by atoms with Crippen LogP contribution in [0.1, 0.15) is 19.4 Å². The van der Waals surface area contributed by atoms with Crippen molar-refractivity contribution in [2.24, 2.45) is 5.73 Å². The van der Waals surface area contributed by atoms with Gasteiger partial charge < -0.3 is 10.6 Å². The molecule has 0 aliphatic carbocycles. The minimum Gasteiger partial charge on any atom is -0.392 e. The minimum atomic E-state index is -0.493. The van der Waals surface area contributed by atoms with Crippen LogP contribution in [0.2, 0.25) is 0 Å². The fraction of sp³-hybridized carbons (Fsp3) is 0.500. The lowest BCUT2D eigenvalue weighted by Crippen LogP contribution is -2.54. The second-order valence-corrected chi connectivity index (χ2v) is 6.55. The van der Waals surface area contributed by atoms with Gasteiger partial charge in [-0.15, -0.1) is 0 Å². The maximum atomic E-state index is 12.8. The number of nitrogens with two attached hydrogens (primary N) is 1. The first-order chi connectivity index (χ1) is 9.91. The fourth-order valence-corrected chi connectivity index (χ4v) is 2.89. The molecule has 0 bridgehead atoms. The number of carbonyl (C=O) groups excluding carboxylic acids is 1. The van der Waals surface area contributed by atoms with Gasteiger partial charge in [0.25, 0.3) is 0 Å². The normalized spacial score (nSPS) is 16.8. The van der Waals surface area contributed by atoms with Crippen molar-refractivity contribution in [3.8, 4) is 0 Å².